The molecule has 3 heterocycles. The summed E-state index contributed by atoms with van der Waals surface area (Å²) in [5.41, 5.74) is -0.159. The Morgan fingerprint density at radius 2 is 1.80 bits per heavy atom. The standard InChI is InChI=1S/C39H48BrN3O8/c1-7-9-15-30(45)41-24(5)33(25-13-11-10-12-14-25)50-38(48)31-32-36(46)43(29(22-44)23(3)4)35(39(32)21-28(40)34(31)51-39)37(47)42(20-8-2)26-16-18-27(49-6)19-17-26/h7-8,10-14,16-19,23-24,28-29,31-35,44H,1-2,9,15,20-22H2,3-6H3,(H,41,45)/t24-,28?,29+,31+,32-,33-,34+,35+,39-/m1/s1. The number of likely N-dealkylation sites (tertiary alicyclic amines) is 1. The first-order chi connectivity index (χ1) is 24.4. The van der Waals surface area contributed by atoms with Gasteiger partial charge in [-0.3, -0.25) is 19.2 Å². The van der Waals surface area contributed by atoms with Crippen molar-refractivity contribution in [3.8, 4) is 5.75 Å². The Morgan fingerprint density at radius 1 is 1.12 bits per heavy atom. The molecule has 1 spiro atoms. The topological polar surface area (TPSA) is 135 Å². The van der Waals surface area contributed by atoms with Crippen molar-refractivity contribution in [2.24, 2.45) is 17.8 Å². The molecule has 0 aliphatic carbocycles. The second-order valence-corrected chi connectivity index (χ2v) is 15.0. The molecule has 2 N–H and O–H groups in total. The number of allylic oxidation sites excluding steroid dienone is 1. The third kappa shape index (κ3) is 7.23. The Labute approximate surface area is 308 Å². The lowest BCUT2D eigenvalue weighted by molar-refractivity contribution is -0.162. The van der Waals surface area contributed by atoms with Crippen LogP contribution < -0.4 is 15.0 Å². The number of halogens is 1. The summed E-state index contributed by atoms with van der Waals surface area (Å²) in [6, 6.07) is 13.6. The van der Waals surface area contributed by atoms with Gasteiger partial charge in [-0.2, -0.15) is 0 Å². The number of hydrogen-bond donors (Lipinski definition) is 2. The first-order valence-electron chi connectivity index (χ1n) is 17.4. The molecule has 11 nitrogen and oxygen atoms in total. The molecule has 2 aromatic carbocycles. The number of esters is 1. The summed E-state index contributed by atoms with van der Waals surface area (Å²) >= 11 is 3.73. The zero-order valence-corrected chi connectivity index (χ0v) is 31.2. The summed E-state index contributed by atoms with van der Waals surface area (Å²) in [4.78, 5) is 59.5. The van der Waals surface area contributed by atoms with Gasteiger partial charge in [-0.1, -0.05) is 72.3 Å². The summed E-state index contributed by atoms with van der Waals surface area (Å²) in [6.07, 6.45) is 2.64. The molecular weight excluding hydrogens is 718 g/mol. The first kappa shape index (κ1) is 38.2. The van der Waals surface area contributed by atoms with E-state index in [1.807, 2.05) is 44.2 Å². The highest BCUT2D eigenvalue weighted by molar-refractivity contribution is 9.09. The molecule has 3 saturated heterocycles. The lowest BCUT2D eigenvalue weighted by Crippen LogP contribution is -2.60. The number of anilines is 1. The zero-order valence-electron chi connectivity index (χ0n) is 29.6. The molecule has 3 aliphatic rings. The predicted octanol–water partition coefficient (Wildman–Crippen LogP) is 4.73. The first-order valence-corrected chi connectivity index (χ1v) is 18.3. The van der Waals surface area contributed by atoms with Gasteiger partial charge in [0.15, 0.2) is 0 Å². The van der Waals surface area contributed by atoms with Crippen LogP contribution in [0.2, 0.25) is 0 Å². The molecule has 1 unspecified atom stereocenters. The van der Waals surface area contributed by atoms with E-state index in [-0.39, 0.29) is 36.0 Å². The number of hydrogen-bond acceptors (Lipinski definition) is 8. The number of carbonyl (C=O) groups excluding carboxylic acids is 4. The van der Waals surface area contributed by atoms with Crippen molar-refractivity contribution < 1.29 is 38.5 Å². The molecule has 0 saturated carbocycles. The van der Waals surface area contributed by atoms with Crippen molar-refractivity contribution in [1.82, 2.24) is 10.2 Å². The van der Waals surface area contributed by atoms with Gasteiger partial charge in [-0.25, -0.2) is 0 Å². The Balaban J connectivity index is 1.54. The third-order valence-electron chi connectivity index (χ3n) is 10.3. The van der Waals surface area contributed by atoms with Crippen LogP contribution in [0, 0.1) is 17.8 Å². The molecule has 2 aromatic rings. The number of aliphatic hydroxyl groups is 1. The van der Waals surface area contributed by atoms with Crippen LogP contribution in [0.4, 0.5) is 5.69 Å². The van der Waals surface area contributed by atoms with Gasteiger partial charge in [0.05, 0.1) is 43.7 Å². The monoisotopic (exact) mass is 765 g/mol. The molecule has 9 atom stereocenters. The minimum atomic E-state index is -1.39. The van der Waals surface area contributed by atoms with Crippen molar-refractivity contribution in [3.05, 3.63) is 85.5 Å². The van der Waals surface area contributed by atoms with E-state index in [4.69, 9.17) is 14.2 Å². The lowest BCUT2D eigenvalue weighted by Gasteiger charge is -2.40. The maximum absolute atomic E-state index is 14.9. The number of nitrogens with one attached hydrogen (secondary N) is 1. The van der Waals surface area contributed by atoms with Crippen LogP contribution >= 0.6 is 15.9 Å². The Bertz CT molecular complexity index is 1600. The minimum absolute atomic E-state index is 0.137. The summed E-state index contributed by atoms with van der Waals surface area (Å²) in [5.74, 6) is -3.47. The van der Waals surface area contributed by atoms with Crippen LogP contribution in [-0.2, 0) is 28.7 Å². The number of aliphatic hydroxyl groups excluding tert-OH is 1. The molecule has 274 valence electrons. The average Bonchev–Trinajstić information content (AvgIpc) is 3.72. The van der Waals surface area contributed by atoms with Crippen molar-refractivity contribution in [1.29, 1.82) is 0 Å². The van der Waals surface area contributed by atoms with Crippen LogP contribution in [-0.4, -0.2) is 88.6 Å². The number of nitrogens with zero attached hydrogens (tertiary/aromatic N) is 2. The van der Waals surface area contributed by atoms with Gasteiger partial charge >= 0.3 is 5.97 Å². The Kier molecular flexibility index (Phi) is 12.1. The number of amides is 3. The second kappa shape index (κ2) is 16.1. The number of carbonyl (C=O) groups is 4. The fourth-order valence-corrected chi connectivity index (χ4v) is 8.84. The number of methoxy groups -OCH3 is 1. The molecule has 3 amide bonds. The maximum Gasteiger partial charge on any atom is 0.313 e. The van der Waals surface area contributed by atoms with Crippen molar-refractivity contribution in [2.75, 3.05) is 25.2 Å². The van der Waals surface area contributed by atoms with E-state index in [0.29, 0.717) is 23.4 Å². The molecule has 0 radical (unpaired) electrons. The van der Waals surface area contributed by atoms with Crippen molar-refractivity contribution in [2.45, 2.75) is 80.8 Å². The highest BCUT2D eigenvalue weighted by Crippen LogP contribution is 2.61. The van der Waals surface area contributed by atoms with E-state index < -0.39 is 72.2 Å². The molecule has 12 heteroatoms. The van der Waals surface area contributed by atoms with Gasteiger partial charge in [0.2, 0.25) is 11.8 Å². The maximum atomic E-state index is 14.9. The largest absolute Gasteiger partial charge is 0.497 e. The van der Waals surface area contributed by atoms with Gasteiger partial charge in [0, 0.05) is 23.5 Å². The summed E-state index contributed by atoms with van der Waals surface area (Å²) in [7, 11) is 1.55. The van der Waals surface area contributed by atoms with Crippen LogP contribution in [0.1, 0.15) is 51.7 Å². The van der Waals surface area contributed by atoms with Gasteiger partial charge < -0.3 is 34.4 Å². The zero-order chi connectivity index (χ0) is 37.0. The molecule has 3 aliphatic heterocycles. The number of rotatable bonds is 16. The normalized spacial score (nSPS) is 26.6. The van der Waals surface area contributed by atoms with E-state index >= 15 is 0 Å². The Hall–Kier alpha value is -4.00. The molecule has 3 fully saturated rings. The fourth-order valence-electron chi connectivity index (χ4n) is 7.90. The number of ether oxygens (including phenoxy) is 3. The molecule has 5 rings (SSSR count). The molecule has 2 bridgehead atoms. The van der Waals surface area contributed by atoms with Crippen LogP contribution in [0.3, 0.4) is 0 Å². The Morgan fingerprint density at radius 3 is 2.39 bits per heavy atom. The highest BCUT2D eigenvalue weighted by Gasteiger charge is 2.77. The smallest absolute Gasteiger partial charge is 0.313 e. The van der Waals surface area contributed by atoms with Crippen molar-refractivity contribution >= 4 is 45.3 Å². The fraction of sp³-hybridized carbons (Fsp3) is 0.487. The minimum Gasteiger partial charge on any atom is -0.497 e. The predicted molar refractivity (Wildman–Crippen MR) is 196 cm³/mol. The summed E-state index contributed by atoms with van der Waals surface area (Å²) in [5, 5.41) is 13.6. The molecular formula is C39H48BrN3O8. The van der Waals surface area contributed by atoms with E-state index in [0.717, 1.165) is 0 Å². The second-order valence-electron chi connectivity index (χ2n) is 13.8. The van der Waals surface area contributed by atoms with Crippen LogP contribution in [0.5, 0.6) is 5.75 Å². The van der Waals surface area contributed by atoms with E-state index in [1.54, 1.807) is 50.5 Å². The number of benzene rings is 2. The van der Waals surface area contributed by atoms with Gasteiger partial charge in [-0.05, 0) is 55.5 Å². The van der Waals surface area contributed by atoms with Gasteiger partial charge in [0.25, 0.3) is 5.91 Å². The van der Waals surface area contributed by atoms with Gasteiger partial charge in [-0.15, -0.1) is 13.2 Å². The number of fused-ring (bicyclic) bond motifs is 1. The SMILES string of the molecule is C=CCCC(=O)N[C@H](C)[C@@H](OC(=O)[C@@H]1[C@H]2O[C@@]3(CC2Br)[C@H](C(=O)N(CC=C)c2ccc(OC)cc2)N([C@@H](CO)C(C)C)C(=O)[C@@H]13)c1ccccc1. The highest BCUT2D eigenvalue weighted by atomic mass is 79.9. The molecule has 0 aromatic heterocycles. The number of alkyl halides is 1. The lowest BCUT2D eigenvalue weighted by atomic mass is 9.70. The quantitative estimate of drug-likeness (QED) is 0.142. The summed E-state index contributed by atoms with van der Waals surface area (Å²) < 4.78 is 18.3. The van der Waals surface area contributed by atoms with Gasteiger partial charge in [0.1, 0.15) is 23.5 Å². The summed E-state index contributed by atoms with van der Waals surface area (Å²) in [6.45, 7) is 12.8. The van der Waals surface area contributed by atoms with E-state index in [1.165, 1.54) is 9.80 Å². The van der Waals surface area contributed by atoms with Crippen LogP contribution in [0.15, 0.2) is 79.9 Å². The van der Waals surface area contributed by atoms with E-state index in [2.05, 4.69) is 34.4 Å². The van der Waals surface area contributed by atoms with E-state index in [9.17, 15) is 24.3 Å². The average molecular weight is 767 g/mol. The van der Waals surface area contributed by atoms with Crippen LogP contribution in [0.25, 0.3) is 0 Å². The molecule has 51 heavy (non-hydrogen) atoms. The third-order valence-corrected chi connectivity index (χ3v) is 11.1. The van der Waals surface area contributed by atoms with Crippen molar-refractivity contribution in [3.63, 3.8) is 0 Å².